The van der Waals surface area contributed by atoms with Crippen LogP contribution in [0.15, 0.2) is 71.7 Å². The Hall–Kier alpha value is -2.92. The van der Waals surface area contributed by atoms with Crippen LogP contribution in [-0.2, 0) is 13.0 Å². The normalized spacial score (nSPS) is 14.2. The van der Waals surface area contributed by atoms with Crippen LogP contribution >= 0.6 is 0 Å². The molecule has 0 atom stereocenters. The van der Waals surface area contributed by atoms with Crippen molar-refractivity contribution in [3.8, 4) is 11.4 Å². The van der Waals surface area contributed by atoms with Gasteiger partial charge in [-0.15, -0.1) is 0 Å². The van der Waals surface area contributed by atoms with Crippen LogP contribution in [0.3, 0.4) is 0 Å². The molecule has 1 aromatic heterocycles. The minimum absolute atomic E-state index is 0.145. The van der Waals surface area contributed by atoms with Gasteiger partial charge < -0.3 is 9.64 Å². The SMILES string of the molecule is O=c1cc(OCc2ccc(F)cc2)ccn1-c1ccc(CCCN2CCCC2)cc1. The monoisotopic (exact) mass is 406 g/mol. The zero-order valence-corrected chi connectivity index (χ0v) is 17.1. The highest BCUT2D eigenvalue weighted by molar-refractivity contribution is 5.36. The molecule has 0 N–H and O–H groups in total. The van der Waals surface area contributed by atoms with Crippen molar-refractivity contribution < 1.29 is 9.13 Å². The molecule has 2 aromatic carbocycles. The smallest absolute Gasteiger partial charge is 0.258 e. The van der Waals surface area contributed by atoms with Crippen molar-refractivity contribution in [2.75, 3.05) is 19.6 Å². The van der Waals surface area contributed by atoms with E-state index in [2.05, 4.69) is 17.0 Å². The number of hydrogen-bond acceptors (Lipinski definition) is 3. The molecule has 30 heavy (non-hydrogen) atoms. The van der Waals surface area contributed by atoms with Crippen molar-refractivity contribution in [3.05, 3.63) is 94.2 Å². The summed E-state index contributed by atoms with van der Waals surface area (Å²) < 4.78 is 20.3. The maximum Gasteiger partial charge on any atom is 0.258 e. The fourth-order valence-electron chi connectivity index (χ4n) is 3.85. The highest BCUT2D eigenvalue weighted by Gasteiger charge is 2.10. The van der Waals surface area contributed by atoms with E-state index < -0.39 is 0 Å². The summed E-state index contributed by atoms with van der Waals surface area (Å²) in [4.78, 5) is 15.1. The molecule has 1 aliphatic rings. The van der Waals surface area contributed by atoms with Crippen LogP contribution in [0.1, 0.15) is 30.4 Å². The van der Waals surface area contributed by atoms with E-state index in [9.17, 15) is 9.18 Å². The van der Waals surface area contributed by atoms with Crippen LogP contribution in [0, 0.1) is 5.82 Å². The van der Waals surface area contributed by atoms with E-state index in [1.807, 2.05) is 12.1 Å². The van der Waals surface area contributed by atoms with E-state index in [-0.39, 0.29) is 18.0 Å². The Morgan fingerprint density at radius 3 is 2.30 bits per heavy atom. The van der Waals surface area contributed by atoms with Gasteiger partial charge in [-0.3, -0.25) is 9.36 Å². The molecular weight excluding hydrogens is 379 g/mol. The van der Waals surface area contributed by atoms with Gasteiger partial charge in [0.05, 0.1) is 0 Å². The lowest BCUT2D eigenvalue weighted by Gasteiger charge is -2.14. The maximum atomic E-state index is 13.0. The van der Waals surface area contributed by atoms with Crippen LogP contribution in [-0.4, -0.2) is 29.1 Å². The van der Waals surface area contributed by atoms with Gasteiger partial charge in [-0.2, -0.15) is 0 Å². The molecule has 0 spiro atoms. The average molecular weight is 407 g/mol. The molecule has 0 bridgehead atoms. The minimum Gasteiger partial charge on any atom is -0.489 e. The van der Waals surface area contributed by atoms with Gasteiger partial charge in [0.1, 0.15) is 18.2 Å². The van der Waals surface area contributed by atoms with Gasteiger partial charge in [-0.1, -0.05) is 24.3 Å². The van der Waals surface area contributed by atoms with E-state index in [0.717, 1.165) is 17.7 Å². The molecule has 5 heteroatoms. The number of ether oxygens (including phenoxy) is 1. The van der Waals surface area contributed by atoms with Crippen molar-refractivity contribution in [2.45, 2.75) is 32.3 Å². The van der Waals surface area contributed by atoms with Crippen LogP contribution in [0.4, 0.5) is 4.39 Å². The summed E-state index contributed by atoms with van der Waals surface area (Å²) in [5.74, 6) is 0.220. The first kappa shape index (κ1) is 20.4. The highest BCUT2D eigenvalue weighted by Crippen LogP contribution is 2.15. The summed E-state index contributed by atoms with van der Waals surface area (Å²) in [5.41, 5.74) is 2.84. The number of halogens is 1. The summed E-state index contributed by atoms with van der Waals surface area (Å²) in [5, 5.41) is 0. The van der Waals surface area contributed by atoms with Crippen LogP contribution in [0.5, 0.6) is 5.75 Å². The largest absolute Gasteiger partial charge is 0.489 e. The molecule has 1 fully saturated rings. The first-order valence-electron chi connectivity index (χ1n) is 10.6. The second kappa shape index (κ2) is 9.72. The van der Waals surface area contributed by atoms with Crippen LogP contribution < -0.4 is 10.3 Å². The molecule has 0 unspecified atom stereocenters. The Morgan fingerprint density at radius 2 is 1.60 bits per heavy atom. The van der Waals surface area contributed by atoms with E-state index in [1.54, 1.807) is 29.0 Å². The quantitative estimate of drug-likeness (QED) is 0.549. The number of likely N-dealkylation sites (tertiary alicyclic amines) is 1. The Labute approximate surface area is 176 Å². The zero-order valence-electron chi connectivity index (χ0n) is 17.1. The lowest BCUT2D eigenvalue weighted by Crippen LogP contribution is -2.20. The first-order chi connectivity index (χ1) is 14.7. The molecule has 1 aliphatic heterocycles. The molecule has 3 aromatic rings. The van der Waals surface area contributed by atoms with Gasteiger partial charge in [0, 0.05) is 18.0 Å². The molecule has 0 aliphatic carbocycles. The third-order valence-electron chi connectivity index (χ3n) is 5.56. The highest BCUT2D eigenvalue weighted by atomic mass is 19.1. The second-order valence-corrected chi connectivity index (χ2v) is 7.80. The second-order valence-electron chi connectivity index (χ2n) is 7.80. The van der Waals surface area contributed by atoms with E-state index in [4.69, 9.17) is 4.74 Å². The van der Waals surface area contributed by atoms with Gasteiger partial charge >= 0.3 is 0 Å². The van der Waals surface area contributed by atoms with E-state index >= 15 is 0 Å². The van der Waals surface area contributed by atoms with Gasteiger partial charge in [0.2, 0.25) is 0 Å². The third-order valence-corrected chi connectivity index (χ3v) is 5.56. The molecule has 4 nitrogen and oxygen atoms in total. The first-order valence-corrected chi connectivity index (χ1v) is 10.6. The predicted molar refractivity (Wildman–Crippen MR) is 117 cm³/mol. The summed E-state index contributed by atoms with van der Waals surface area (Å²) >= 11 is 0. The number of aromatic nitrogens is 1. The zero-order chi connectivity index (χ0) is 20.8. The Morgan fingerprint density at radius 1 is 0.900 bits per heavy atom. The average Bonchev–Trinajstić information content (AvgIpc) is 3.28. The molecular formula is C25H27FN2O2. The maximum absolute atomic E-state index is 13.0. The topological polar surface area (TPSA) is 34.5 Å². The molecule has 1 saturated heterocycles. The number of hydrogen-bond donors (Lipinski definition) is 0. The summed E-state index contributed by atoms with van der Waals surface area (Å²) in [6.45, 7) is 3.94. The van der Waals surface area contributed by atoms with Gasteiger partial charge in [0.15, 0.2) is 0 Å². The van der Waals surface area contributed by atoms with Crippen LogP contribution in [0.25, 0.3) is 5.69 Å². The Balaban J connectivity index is 1.34. The van der Waals surface area contributed by atoms with E-state index in [0.29, 0.717) is 5.75 Å². The number of nitrogens with zero attached hydrogens (tertiary/aromatic N) is 2. The van der Waals surface area contributed by atoms with Gasteiger partial charge in [0.25, 0.3) is 5.56 Å². The summed E-state index contributed by atoms with van der Waals surface area (Å²) in [7, 11) is 0. The molecule has 0 radical (unpaired) electrons. The number of benzene rings is 2. The lowest BCUT2D eigenvalue weighted by atomic mass is 10.1. The van der Waals surface area contributed by atoms with Gasteiger partial charge in [-0.25, -0.2) is 4.39 Å². The van der Waals surface area contributed by atoms with Crippen LogP contribution in [0.2, 0.25) is 0 Å². The van der Waals surface area contributed by atoms with Crippen molar-refractivity contribution in [1.29, 1.82) is 0 Å². The standard InChI is InChI=1S/C25H27FN2O2/c26-22-9-5-21(6-10-22)19-30-24-13-17-28(25(29)18-24)23-11-7-20(8-12-23)4-3-16-27-14-1-2-15-27/h5-13,17-18H,1-4,14-16,19H2. The number of aryl methyl sites for hydroxylation is 1. The molecule has 0 amide bonds. The van der Waals surface area contributed by atoms with Gasteiger partial charge in [-0.05, 0) is 86.8 Å². The Bertz CT molecular complexity index is 1010. The Kier molecular flexibility index (Phi) is 6.60. The third kappa shape index (κ3) is 5.36. The molecule has 156 valence electrons. The summed E-state index contributed by atoms with van der Waals surface area (Å²) in [6.07, 6.45) is 6.62. The fraction of sp³-hybridized carbons (Fsp3) is 0.320. The molecule has 4 rings (SSSR count). The van der Waals surface area contributed by atoms with Crippen molar-refractivity contribution in [1.82, 2.24) is 9.47 Å². The fourth-order valence-corrected chi connectivity index (χ4v) is 3.85. The number of pyridine rings is 1. The van der Waals surface area contributed by atoms with Crippen molar-refractivity contribution in [3.63, 3.8) is 0 Å². The molecule has 2 heterocycles. The van der Waals surface area contributed by atoms with Crippen molar-refractivity contribution >= 4 is 0 Å². The minimum atomic E-state index is -0.279. The predicted octanol–water partition coefficient (Wildman–Crippen LogP) is 4.58. The van der Waals surface area contributed by atoms with E-state index in [1.165, 1.54) is 62.7 Å². The summed E-state index contributed by atoms with van der Waals surface area (Å²) in [6, 6.07) is 17.6. The number of rotatable bonds is 8. The molecule has 0 saturated carbocycles. The lowest BCUT2D eigenvalue weighted by molar-refractivity contribution is 0.305. The van der Waals surface area contributed by atoms with Crippen molar-refractivity contribution in [2.24, 2.45) is 0 Å².